The van der Waals surface area contributed by atoms with Gasteiger partial charge in [-0.2, -0.15) is 0 Å². The molecule has 0 aromatic heterocycles. The monoisotopic (exact) mass is 228 g/mol. The van der Waals surface area contributed by atoms with Crippen molar-refractivity contribution in [2.75, 3.05) is 18.4 Å². The van der Waals surface area contributed by atoms with Crippen molar-refractivity contribution < 1.29 is 13.6 Å². The second kappa shape index (κ2) is 6.05. The summed E-state index contributed by atoms with van der Waals surface area (Å²) in [6.45, 7) is 2.81. The minimum Gasteiger partial charge on any atom is -0.384 e. The van der Waals surface area contributed by atoms with Crippen LogP contribution in [0.2, 0.25) is 0 Å². The summed E-state index contributed by atoms with van der Waals surface area (Å²) < 4.78 is 25.4. The number of amides is 1. The number of anilines is 1. The lowest BCUT2D eigenvalue weighted by Crippen LogP contribution is -2.24. The molecule has 0 aliphatic carbocycles. The van der Waals surface area contributed by atoms with E-state index in [2.05, 4.69) is 10.6 Å². The molecule has 0 spiro atoms. The molecule has 2 N–H and O–H groups in total. The summed E-state index contributed by atoms with van der Waals surface area (Å²) in [5.41, 5.74) is 0.461. The topological polar surface area (TPSA) is 41.1 Å². The van der Waals surface area contributed by atoms with Crippen LogP contribution in [-0.4, -0.2) is 19.0 Å². The molecule has 16 heavy (non-hydrogen) atoms. The van der Waals surface area contributed by atoms with Gasteiger partial charge in [0.15, 0.2) is 11.6 Å². The highest BCUT2D eigenvalue weighted by Gasteiger charge is 2.03. The molecule has 1 rings (SSSR count). The lowest BCUT2D eigenvalue weighted by molar-refractivity contribution is -0.120. The number of hydrogen-bond donors (Lipinski definition) is 2. The summed E-state index contributed by atoms with van der Waals surface area (Å²) in [5, 5.41) is 5.47. The maximum Gasteiger partial charge on any atom is 0.221 e. The average molecular weight is 228 g/mol. The van der Waals surface area contributed by atoms with Crippen LogP contribution in [0, 0.1) is 11.6 Å². The van der Waals surface area contributed by atoms with Gasteiger partial charge in [-0.1, -0.05) is 0 Å². The number of halogens is 2. The second-order valence-corrected chi connectivity index (χ2v) is 3.26. The fraction of sp³-hybridized carbons (Fsp3) is 0.364. The molecule has 0 saturated carbocycles. The van der Waals surface area contributed by atoms with Gasteiger partial charge in [-0.25, -0.2) is 8.78 Å². The first-order chi connectivity index (χ1) is 7.63. The van der Waals surface area contributed by atoms with Gasteiger partial charge in [0.2, 0.25) is 5.91 Å². The van der Waals surface area contributed by atoms with Crippen LogP contribution in [0.3, 0.4) is 0 Å². The molecule has 0 heterocycles. The molecule has 0 bridgehead atoms. The molecule has 88 valence electrons. The molecule has 5 heteroatoms. The summed E-state index contributed by atoms with van der Waals surface area (Å²) in [6.07, 6.45) is 0.298. The third-order valence-corrected chi connectivity index (χ3v) is 1.97. The highest BCUT2D eigenvalue weighted by atomic mass is 19.2. The van der Waals surface area contributed by atoms with Crippen molar-refractivity contribution >= 4 is 11.6 Å². The molecule has 1 aromatic carbocycles. The van der Waals surface area contributed by atoms with E-state index < -0.39 is 11.6 Å². The maximum atomic E-state index is 12.8. The first-order valence-electron chi connectivity index (χ1n) is 5.09. The van der Waals surface area contributed by atoms with Gasteiger partial charge < -0.3 is 10.6 Å². The third kappa shape index (κ3) is 3.84. The number of nitrogens with one attached hydrogen (secondary N) is 2. The van der Waals surface area contributed by atoms with E-state index in [4.69, 9.17) is 0 Å². The van der Waals surface area contributed by atoms with Gasteiger partial charge in [0.1, 0.15) is 0 Å². The number of rotatable bonds is 5. The zero-order chi connectivity index (χ0) is 12.0. The molecule has 0 atom stereocenters. The Morgan fingerprint density at radius 2 is 2.06 bits per heavy atom. The van der Waals surface area contributed by atoms with E-state index in [0.29, 0.717) is 25.2 Å². The first kappa shape index (κ1) is 12.4. The van der Waals surface area contributed by atoms with E-state index in [9.17, 15) is 13.6 Å². The standard InChI is InChI=1S/C11H14F2N2O/c1-2-14-11(16)5-6-15-8-3-4-9(12)10(13)7-8/h3-4,7,15H,2,5-6H2,1H3,(H,14,16). The normalized spacial score (nSPS) is 9.94. The van der Waals surface area contributed by atoms with Crippen molar-refractivity contribution in [3.63, 3.8) is 0 Å². The van der Waals surface area contributed by atoms with Crippen LogP contribution in [0.5, 0.6) is 0 Å². The average Bonchev–Trinajstić information content (AvgIpc) is 2.24. The fourth-order valence-corrected chi connectivity index (χ4v) is 1.21. The van der Waals surface area contributed by atoms with Crippen molar-refractivity contribution in [2.24, 2.45) is 0 Å². The number of hydrogen-bond acceptors (Lipinski definition) is 2. The van der Waals surface area contributed by atoms with Crippen LogP contribution >= 0.6 is 0 Å². The molecule has 0 fully saturated rings. The summed E-state index contributed by atoms with van der Waals surface area (Å²) in [4.78, 5) is 11.1. The number of benzene rings is 1. The largest absolute Gasteiger partial charge is 0.384 e. The molecule has 0 aliphatic heterocycles. The number of carbonyl (C=O) groups excluding carboxylic acids is 1. The quantitative estimate of drug-likeness (QED) is 0.808. The summed E-state index contributed by atoms with van der Waals surface area (Å²) >= 11 is 0. The SMILES string of the molecule is CCNC(=O)CCNc1ccc(F)c(F)c1. The van der Waals surface area contributed by atoms with Crippen LogP contribution < -0.4 is 10.6 Å². The zero-order valence-corrected chi connectivity index (χ0v) is 9.02. The Kier molecular flexibility index (Phi) is 4.69. The van der Waals surface area contributed by atoms with E-state index in [0.717, 1.165) is 12.1 Å². The molecule has 3 nitrogen and oxygen atoms in total. The predicted molar refractivity (Wildman–Crippen MR) is 58.1 cm³/mol. The minimum absolute atomic E-state index is 0.0717. The molecule has 1 amide bonds. The molecule has 0 saturated heterocycles. The Morgan fingerprint density at radius 1 is 1.31 bits per heavy atom. The maximum absolute atomic E-state index is 12.8. The van der Waals surface area contributed by atoms with Gasteiger partial charge >= 0.3 is 0 Å². The van der Waals surface area contributed by atoms with Crippen molar-refractivity contribution in [1.82, 2.24) is 5.32 Å². The van der Waals surface area contributed by atoms with Gasteiger partial charge in [-0.15, -0.1) is 0 Å². The van der Waals surface area contributed by atoms with Gasteiger partial charge in [-0.3, -0.25) is 4.79 Å². The Balaban J connectivity index is 2.37. The lowest BCUT2D eigenvalue weighted by atomic mass is 10.3. The summed E-state index contributed by atoms with van der Waals surface area (Å²) in [5.74, 6) is -1.85. The van der Waals surface area contributed by atoms with Gasteiger partial charge in [0.25, 0.3) is 0 Å². The van der Waals surface area contributed by atoms with Gasteiger partial charge in [0, 0.05) is 25.2 Å². The third-order valence-electron chi connectivity index (χ3n) is 1.97. The molecular formula is C11H14F2N2O. The summed E-state index contributed by atoms with van der Waals surface area (Å²) in [6, 6.07) is 3.53. The Hall–Kier alpha value is -1.65. The molecule has 0 radical (unpaired) electrons. The van der Waals surface area contributed by atoms with E-state index in [1.807, 2.05) is 6.92 Å². The molecule has 1 aromatic rings. The van der Waals surface area contributed by atoms with E-state index >= 15 is 0 Å². The molecule has 0 aliphatic rings. The van der Waals surface area contributed by atoms with Crippen LogP contribution in [-0.2, 0) is 4.79 Å². The lowest BCUT2D eigenvalue weighted by Gasteiger charge is -2.06. The van der Waals surface area contributed by atoms with Crippen molar-refractivity contribution in [1.29, 1.82) is 0 Å². The highest BCUT2D eigenvalue weighted by molar-refractivity contribution is 5.76. The first-order valence-corrected chi connectivity index (χ1v) is 5.09. The van der Waals surface area contributed by atoms with Crippen LogP contribution in [0.4, 0.5) is 14.5 Å². The van der Waals surface area contributed by atoms with Crippen molar-refractivity contribution in [3.05, 3.63) is 29.8 Å². The van der Waals surface area contributed by atoms with Crippen LogP contribution in [0.1, 0.15) is 13.3 Å². The number of carbonyl (C=O) groups is 1. The predicted octanol–water partition coefficient (Wildman–Crippen LogP) is 1.90. The zero-order valence-electron chi connectivity index (χ0n) is 9.02. The van der Waals surface area contributed by atoms with E-state index in [-0.39, 0.29) is 5.91 Å². The van der Waals surface area contributed by atoms with E-state index in [1.165, 1.54) is 6.07 Å². The molecular weight excluding hydrogens is 214 g/mol. The van der Waals surface area contributed by atoms with Crippen molar-refractivity contribution in [2.45, 2.75) is 13.3 Å². The van der Waals surface area contributed by atoms with Crippen LogP contribution in [0.25, 0.3) is 0 Å². The fourth-order valence-electron chi connectivity index (χ4n) is 1.21. The van der Waals surface area contributed by atoms with Gasteiger partial charge in [-0.05, 0) is 25.1 Å². The van der Waals surface area contributed by atoms with E-state index in [1.54, 1.807) is 0 Å². The molecule has 0 unspecified atom stereocenters. The highest BCUT2D eigenvalue weighted by Crippen LogP contribution is 2.12. The Bertz CT molecular complexity index is 369. The second-order valence-electron chi connectivity index (χ2n) is 3.26. The smallest absolute Gasteiger partial charge is 0.221 e. The Labute approximate surface area is 92.8 Å². The van der Waals surface area contributed by atoms with Crippen LogP contribution in [0.15, 0.2) is 18.2 Å². The summed E-state index contributed by atoms with van der Waals surface area (Å²) in [7, 11) is 0. The Morgan fingerprint density at radius 3 is 2.69 bits per heavy atom. The van der Waals surface area contributed by atoms with Gasteiger partial charge in [0.05, 0.1) is 0 Å². The van der Waals surface area contributed by atoms with Crippen molar-refractivity contribution in [3.8, 4) is 0 Å². The minimum atomic E-state index is -0.900.